The second-order valence-corrected chi connectivity index (χ2v) is 4.53. The molecule has 1 atom stereocenters. The molecular weight excluding hydrogens is 228 g/mol. The topological polar surface area (TPSA) is 68.4 Å². The van der Waals surface area contributed by atoms with Crippen LogP contribution in [0.4, 0.5) is 5.82 Å². The predicted molar refractivity (Wildman–Crippen MR) is 73.3 cm³/mol. The Balaban J connectivity index is 3.21. The number of pyridine rings is 1. The van der Waals surface area contributed by atoms with Gasteiger partial charge >= 0.3 is 0 Å². The van der Waals surface area contributed by atoms with Crippen molar-refractivity contribution in [1.82, 2.24) is 4.98 Å². The van der Waals surface area contributed by atoms with Crippen molar-refractivity contribution in [3.8, 4) is 0 Å². The first-order chi connectivity index (χ1) is 8.52. The van der Waals surface area contributed by atoms with E-state index in [4.69, 9.17) is 10.5 Å². The van der Waals surface area contributed by atoms with Crippen molar-refractivity contribution in [2.45, 2.75) is 52.2 Å². The smallest absolute Gasteiger partial charge is 0.129 e. The second-order valence-electron chi connectivity index (χ2n) is 4.53. The van der Waals surface area contributed by atoms with E-state index < -0.39 is 11.7 Å². The molecule has 0 aromatic carbocycles. The average molecular weight is 252 g/mol. The standard InChI is InChI=1S/C14H24N2O2/c1-5-14(6-2,18-7-3)12(17)11-10(4)8-9-16-13(11)15/h8-9,12,17H,5-7H2,1-4H3,(H2,15,16). The Labute approximate surface area is 109 Å². The molecular formula is C14H24N2O2. The molecule has 0 spiro atoms. The Kier molecular flexibility index (Phi) is 5.11. The lowest BCUT2D eigenvalue weighted by Gasteiger charge is -2.37. The van der Waals surface area contributed by atoms with E-state index in [1.165, 1.54) is 0 Å². The van der Waals surface area contributed by atoms with Crippen LogP contribution in [0.25, 0.3) is 0 Å². The third-order valence-corrected chi connectivity index (χ3v) is 3.64. The van der Waals surface area contributed by atoms with Gasteiger partial charge in [-0.05, 0) is 38.3 Å². The summed E-state index contributed by atoms with van der Waals surface area (Å²) in [5, 5.41) is 10.7. The molecule has 0 aliphatic rings. The Morgan fingerprint density at radius 1 is 1.39 bits per heavy atom. The molecule has 0 saturated heterocycles. The summed E-state index contributed by atoms with van der Waals surface area (Å²) in [5.74, 6) is 0.383. The minimum absolute atomic E-state index is 0.383. The highest BCUT2D eigenvalue weighted by atomic mass is 16.5. The van der Waals surface area contributed by atoms with Gasteiger partial charge in [0.15, 0.2) is 0 Å². The molecule has 1 aromatic heterocycles. The molecule has 0 bridgehead atoms. The van der Waals surface area contributed by atoms with Crippen molar-refractivity contribution in [2.24, 2.45) is 0 Å². The van der Waals surface area contributed by atoms with Crippen molar-refractivity contribution in [3.63, 3.8) is 0 Å². The number of nitrogens with two attached hydrogens (primary N) is 1. The highest BCUT2D eigenvalue weighted by molar-refractivity contribution is 5.46. The fourth-order valence-corrected chi connectivity index (χ4v) is 2.42. The molecule has 1 unspecified atom stereocenters. The summed E-state index contributed by atoms with van der Waals surface area (Å²) >= 11 is 0. The van der Waals surface area contributed by atoms with Gasteiger partial charge in [0.2, 0.25) is 0 Å². The van der Waals surface area contributed by atoms with Crippen LogP contribution in [0.2, 0.25) is 0 Å². The first-order valence-electron chi connectivity index (χ1n) is 6.55. The molecule has 0 fully saturated rings. The van der Waals surface area contributed by atoms with Gasteiger partial charge in [-0.2, -0.15) is 0 Å². The van der Waals surface area contributed by atoms with Crippen LogP contribution in [0.3, 0.4) is 0 Å². The number of rotatable bonds is 6. The first-order valence-corrected chi connectivity index (χ1v) is 6.55. The van der Waals surface area contributed by atoms with Gasteiger partial charge in [-0.3, -0.25) is 0 Å². The molecule has 0 aliphatic heterocycles. The van der Waals surface area contributed by atoms with E-state index in [1.807, 2.05) is 33.8 Å². The third-order valence-electron chi connectivity index (χ3n) is 3.64. The summed E-state index contributed by atoms with van der Waals surface area (Å²) < 4.78 is 5.82. The van der Waals surface area contributed by atoms with Crippen LogP contribution in [-0.4, -0.2) is 22.3 Å². The Bertz CT molecular complexity index is 369. The van der Waals surface area contributed by atoms with Crippen LogP contribution in [0.1, 0.15) is 50.8 Å². The van der Waals surface area contributed by atoms with Crippen molar-refractivity contribution in [1.29, 1.82) is 0 Å². The molecule has 4 nitrogen and oxygen atoms in total. The van der Waals surface area contributed by atoms with Gasteiger partial charge in [0.25, 0.3) is 0 Å². The van der Waals surface area contributed by atoms with E-state index in [2.05, 4.69) is 4.98 Å². The SMILES string of the molecule is CCOC(CC)(CC)C(O)c1c(C)ccnc1N. The fraction of sp³-hybridized carbons (Fsp3) is 0.643. The summed E-state index contributed by atoms with van der Waals surface area (Å²) in [6.07, 6.45) is 2.36. The molecule has 3 N–H and O–H groups in total. The number of nitrogens with zero attached hydrogens (tertiary/aromatic N) is 1. The maximum atomic E-state index is 10.7. The minimum Gasteiger partial charge on any atom is -0.385 e. The molecule has 4 heteroatoms. The van der Waals surface area contributed by atoms with Crippen LogP contribution in [0.5, 0.6) is 0 Å². The van der Waals surface area contributed by atoms with Crippen LogP contribution < -0.4 is 5.73 Å². The molecule has 1 aromatic rings. The predicted octanol–water partition coefficient (Wildman–Crippen LogP) is 2.60. The maximum absolute atomic E-state index is 10.7. The number of aromatic nitrogens is 1. The number of ether oxygens (including phenoxy) is 1. The van der Waals surface area contributed by atoms with Crippen molar-refractivity contribution < 1.29 is 9.84 Å². The van der Waals surface area contributed by atoms with E-state index in [-0.39, 0.29) is 0 Å². The molecule has 0 radical (unpaired) electrons. The molecule has 0 saturated carbocycles. The largest absolute Gasteiger partial charge is 0.385 e. The normalized spacial score (nSPS) is 13.6. The minimum atomic E-state index is -0.749. The van der Waals surface area contributed by atoms with Gasteiger partial charge in [0.1, 0.15) is 11.9 Å². The van der Waals surface area contributed by atoms with Crippen LogP contribution in [-0.2, 0) is 4.74 Å². The second kappa shape index (κ2) is 6.16. The zero-order valence-corrected chi connectivity index (χ0v) is 11.7. The van der Waals surface area contributed by atoms with Crippen LogP contribution in [0.15, 0.2) is 12.3 Å². The highest BCUT2D eigenvalue weighted by Gasteiger charge is 2.38. The van der Waals surface area contributed by atoms with Crippen LogP contribution in [0, 0.1) is 6.92 Å². The summed E-state index contributed by atoms with van der Waals surface area (Å²) in [6.45, 7) is 8.47. The number of aliphatic hydroxyl groups is 1. The lowest BCUT2D eigenvalue weighted by atomic mass is 9.84. The number of anilines is 1. The monoisotopic (exact) mass is 252 g/mol. The first kappa shape index (κ1) is 14.9. The quantitative estimate of drug-likeness (QED) is 0.816. The van der Waals surface area contributed by atoms with E-state index >= 15 is 0 Å². The number of nitrogen functional groups attached to an aromatic ring is 1. The molecule has 0 amide bonds. The summed E-state index contributed by atoms with van der Waals surface area (Å²) in [7, 11) is 0. The average Bonchev–Trinajstić information content (AvgIpc) is 2.35. The highest BCUT2D eigenvalue weighted by Crippen LogP contribution is 2.38. The van der Waals surface area contributed by atoms with Gasteiger partial charge < -0.3 is 15.6 Å². The van der Waals surface area contributed by atoms with E-state index in [1.54, 1.807) is 6.20 Å². The Morgan fingerprint density at radius 3 is 2.44 bits per heavy atom. The van der Waals surface area contributed by atoms with E-state index in [0.717, 1.165) is 18.4 Å². The van der Waals surface area contributed by atoms with Gasteiger partial charge in [-0.15, -0.1) is 0 Å². The molecule has 0 aliphatic carbocycles. The van der Waals surface area contributed by atoms with Gasteiger partial charge in [0.05, 0.1) is 5.60 Å². The van der Waals surface area contributed by atoms with Gasteiger partial charge in [-0.25, -0.2) is 4.98 Å². The molecule has 1 heterocycles. The number of hydrogen-bond acceptors (Lipinski definition) is 4. The molecule has 18 heavy (non-hydrogen) atoms. The van der Waals surface area contributed by atoms with Crippen LogP contribution >= 0.6 is 0 Å². The Morgan fingerprint density at radius 2 is 2.00 bits per heavy atom. The van der Waals surface area contributed by atoms with Crippen molar-refractivity contribution in [2.75, 3.05) is 12.3 Å². The summed E-state index contributed by atoms with van der Waals surface area (Å²) in [6, 6.07) is 1.86. The fourth-order valence-electron chi connectivity index (χ4n) is 2.42. The number of hydrogen-bond donors (Lipinski definition) is 2. The lowest BCUT2D eigenvalue weighted by Crippen LogP contribution is -2.39. The van der Waals surface area contributed by atoms with Crippen molar-refractivity contribution in [3.05, 3.63) is 23.4 Å². The van der Waals surface area contributed by atoms with Gasteiger partial charge in [-0.1, -0.05) is 13.8 Å². The summed E-state index contributed by atoms with van der Waals surface area (Å²) in [4.78, 5) is 4.07. The number of aryl methyl sites for hydroxylation is 1. The van der Waals surface area contributed by atoms with Crippen molar-refractivity contribution >= 4 is 5.82 Å². The van der Waals surface area contributed by atoms with Gasteiger partial charge in [0, 0.05) is 18.4 Å². The molecule has 102 valence electrons. The lowest BCUT2D eigenvalue weighted by molar-refractivity contribution is -0.127. The van der Waals surface area contributed by atoms with E-state index in [9.17, 15) is 5.11 Å². The zero-order valence-electron chi connectivity index (χ0n) is 11.7. The summed E-state index contributed by atoms with van der Waals surface area (Å²) in [5.41, 5.74) is 6.95. The maximum Gasteiger partial charge on any atom is 0.129 e. The third kappa shape index (κ3) is 2.65. The number of aliphatic hydroxyl groups excluding tert-OH is 1. The van der Waals surface area contributed by atoms with E-state index in [0.29, 0.717) is 18.0 Å². The Hall–Kier alpha value is -1.13. The molecule has 1 rings (SSSR count). The zero-order chi connectivity index (χ0) is 13.8.